The maximum absolute atomic E-state index is 12.4. The summed E-state index contributed by atoms with van der Waals surface area (Å²) < 4.78 is 0. The highest BCUT2D eigenvalue weighted by atomic mass is 16.1. The molecular formula is C17H24N4O. The van der Waals surface area contributed by atoms with Crippen LogP contribution < -0.4 is 10.6 Å². The minimum atomic E-state index is -0.140. The Labute approximate surface area is 131 Å². The Morgan fingerprint density at radius 3 is 2.91 bits per heavy atom. The molecule has 1 unspecified atom stereocenters. The van der Waals surface area contributed by atoms with Crippen LogP contribution in [0.4, 0.5) is 0 Å². The van der Waals surface area contributed by atoms with Crippen molar-refractivity contribution in [2.75, 3.05) is 39.3 Å². The van der Waals surface area contributed by atoms with Gasteiger partial charge in [0.15, 0.2) is 0 Å². The molecule has 1 aromatic heterocycles. The summed E-state index contributed by atoms with van der Waals surface area (Å²) >= 11 is 0. The molecule has 1 aliphatic rings. The van der Waals surface area contributed by atoms with Crippen LogP contribution in [0.1, 0.15) is 18.4 Å². The van der Waals surface area contributed by atoms with Gasteiger partial charge in [-0.1, -0.05) is 18.2 Å². The fraction of sp³-hybridized carbons (Fsp3) is 0.471. The fourth-order valence-electron chi connectivity index (χ4n) is 3.02. The molecule has 0 bridgehead atoms. The lowest BCUT2D eigenvalue weighted by atomic mass is 10.00. The molecule has 0 saturated carbocycles. The predicted octanol–water partition coefficient (Wildman–Crippen LogP) is 1.29. The van der Waals surface area contributed by atoms with Crippen LogP contribution in [0.2, 0.25) is 0 Å². The van der Waals surface area contributed by atoms with Crippen molar-refractivity contribution >= 4 is 16.8 Å². The molecule has 1 fully saturated rings. The molecular weight excluding hydrogens is 276 g/mol. The Bertz CT molecular complexity index is 630. The summed E-state index contributed by atoms with van der Waals surface area (Å²) in [5, 5.41) is 7.53. The second kappa shape index (κ2) is 6.94. The number of hydrogen-bond donors (Lipinski definition) is 3. The van der Waals surface area contributed by atoms with E-state index in [1.807, 2.05) is 31.3 Å². The molecule has 22 heavy (non-hydrogen) atoms. The van der Waals surface area contributed by atoms with E-state index >= 15 is 0 Å². The van der Waals surface area contributed by atoms with Gasteiger partial charge in [0.2, 0.25) is 5.91 Å². The number of hydrogen-bond acceptors (Lipinski definition) is 3. The van der Waals surface area contributed by atoms with Gasteiger partial charge in [-0.2, -0.15) is 0 Å². The van der Waals surface area contributed by atoms with Gasteiger partial charge in [0.05, 0.1) is 5.92 Å². The highest BCUT2D eigenvalue weighted by molar-refractivity contribution is 5.91. The number of aromatic amines is 1. The summed E-state index contributed by atoms with van der Waals surface area (Å²) in [6, 6.07) is 8.11. The Hall–Kier alpha value is -1.85. The van der Waals surface area contributed by atoms with Gasteiger partial charge >= 0.3 is 0 Å². The molecule has 0 aliphatic carbocycles. The normalized spacial score (nSPS) is 17.5. The van der Waals surface area contributed by atoms with Gasteiger partial charge in [0, 0.05) is 56.4 Å². The van der Waals surface area contributed by atoms with Crippen molar-refractivity contribution in [1.29, 1.82) is 0 Å². The van der Waals surface area contributed by atoms with Crippen LogP contribution in [0.5, 0.6) is 0 Å². The van der Waals surface area contributed by atoms with Gasteiger partial charge in [-0.3, -0.25) is 9.69 Å². The van der Waals surface area contributed by atoms with E-state index in [1.165, 1.54) is 0 Å². The summed E-state index contributed by atoms with van der Waals surface area (Å²) in [5.74, 6) is -0.0425. The van der Waals surface area contributed by atoms with E-state index in [-0.39, 0.29) is 11.8 Å². The summed E-state index contributed by atoms with van der Waals surface area (Å²) in [4.78, 5) is 18.0. The molecule has 1 aliphatic heterocycles. The first-order valence-corrected chi connectivity index (χ1v) is 8.02. The van der Waals surface area contributed by atoms with E-state index in [4.69, 9.17) is 0 Å². The van der Waals surface area contributed by atoms with Gasteiger partial charge in [-0.05, 0) is 18.6 Å². The Balaban J connectivity index is 1.55. The molecule has 3 rings (SSSR count). The number of rotatable bonds is 5. The number of para-hydroxylation sites is 1. The molecule has 1 aromatic carbocycles. The summed E-state index contributed by atoms with van der Waals surface area (Å²) in [6.45, 7) is 7.82. The van der Waals surface area contributed by atoms with E-state index in [2.05, 4.69) is 26.6 Å². The summed E-state index contributed by atoms with van der Waals surface area (Å²) in [5.41, 5.74) is 2.15. The van der Waals surface area contributed by atoms with Crippen molar-refractivity contribution in [1.82, 2.24) is 20.5 Å². The minimum Gasteiger partial charge on any atom is -0.361 e. The standard InChI is InChI=1S/C17H24N4O/c1-13(15-12-20-16-5-3-2-4-14(15)16)17(22)19-8-11-21-9-6-18-7-10-21/h2-5,12-13,18,20H,6-11H2,1H3,(H,19,22). The molecule has 1 amide bonds. The van der Waals surface area contributed by atoms with Crippen LogP contribution >= 0.6 is 0 Å². The monoisotopic (exact) mass is 300 g/mol. The van der Waals surface area contributed by atoms with Gasteiger partial charge in [0.25, 0.3) is 0 Å². The second-order valence-corrected chi connectivity index (χ2v) is 5.89. The number of nitrogens with zero attached hydrogens (tertiary/aromatic N) is 1. The topological polar surface area (TPSA) is 60.2 Å². The molecule has 0 spiro atoms. The lowest BCUT2D eigenvalue weighted by Crippen LogP contribution is -2.46. The summed E-state index contributed by atoms with van der Waals surface area (Å²) in [7, 11) is 0. The number of H-pyrrole nitrogens is 1. The first-order valence-electron chi connectivity index (χ1n) is 8.02. The zero-order valence-corrected chi connectivity index (χ0v) is 13.1. The largest absolute Gasteiger partial charge is 0.361 e. The molecule has 1 saturated heterocycles. The highest BCUT2D eigenvalue weighted by Crippen LogP contribution is 2.25. The fourth-order valence-corrected chi connectivity index (χ4v) is 3.02. The van der Waals surface area contributed by atoms with Crippen molar-refractivity contribution in [3.8, 4) is 0 Å². The number of carbonyl (C=O) groups is 1. The van der Waals surface area contributed by atoms with Gasteiger partial charge < -0.3 is 15.6 Å². The third-order valence-electron chi connectivity index (χ3n) is 4.42. The quantitative estimate of drug-likeness (QED) is 0.780. The zero-order valence-electron chi connectivity index (χ0n) is 13.1. The molecule has 0 radical (unpaired) electrons. The Kier molecular flexibility index (Phi) is 4.75. The average Bonchev–Trinajstić information content (AvgIpc) is 2.99. The smallest absolute Gasteiger partial charge is 0.227 e. The van der Waals surface area contributed by atoms with Crippen molar-refractivity contribution in [3.05, 3.63) is 36.0 Å². The molecule has 118 valence electrons. The maximum Gasteiger partial charge on any atom is 0.227 e. The first-order chi connectivity index (χ1) is 10.8. The summed E-state index contributed by atoms with van der Waals surface area (Å²) in [6.07, 6.45) is 1.95. The number of fused-ring (bicyclic) bond motifs is 1. The van der Waals surface area contributed by atoms with Crippen molar-refractivity contribution in [2.45, 2.75) is 12.8 Å². The predicted molar refractivity (Wildman–Crippen MR) is 89.0 cm³/mol. The lowest BCUT2D eigenvalue weighted by Gasteiger charge is -2.27. The third kappa shape index (κ3) is 3.31. The minimum absolute atomic E-state index is 0.0971. The van der Waals surface area contributed by atoms with Crippen LogP contribution in [0.3, 0.4) is 0 Å². The first kappa shape index (κ1) is 15.1. The molecule has 1 atom stereocenters. The number of aromatic nitrogens is 1. The number of benzene rings is 1. The number of nitrogens with one attached hydrogen (secondary N) is 3. The van der Waals surface area contributed by atoms with E-state index in [9.17, 15) is 4.79 Å². The highest BCUT2D eigenvalue weighted by Gasteiger charge is 2.18. The number of carbonyl (C=O) groups excluding carboxylic acids is 1. The molecule has 5 nitrogen and oxygen atoms in total. The van der Waals surface area contributed by atoms with Gasteiger partial charge in [0.1, 0.15) is 0 Å². The zero-order chi connectivity index (χ0) is 15.4. The molecule has 3 N–H and O–H groups in total. The Morgan fingerprint density at radius 1 is 1.32 bits per heavy atom. The number of piperazine rings is 1. The van der Waals surface area contributed by atoms with Crippen LogP contribution in [-0.4, -0.2) is 55.1 Å². The average molecular weight is 300 g/mol. The SMILES string of the molecule is CC(C(=O)NCCN1CCNCC1)c1c[nH]c2ccccc12. The van der Waals surface area contributed by atoms with E-state index in [0.29, 0.717) is 6.54 Å². The van der Waals surface area contributed by atoms with Crippen LogP contribution in [-0.2, 0) is 4.79 Å². The number of amides is 1. The molecule has 5 heteroatoms. The van der Waals surface area contributed by atoms with Crippen molar-refractivity contribution in [3.63, 3.8) is 0 Å². The third-order valence-corrected chi connectivity index (χ3v) is 4.42. The van der Waals surface area contributed by atoms with Gasteiger partial charge in [-0.25, -0.2) is 0 Å². The lowest BCUT2D eigenvalue weighted by molar-refractivity contribution is -0.122. The second-order valence-electron chi connectivity index (χ2n) is 5.89. The molecule has 2 aromatic rings. The van der Waals surface area contributed by atoms with E-state index in [1.54, 1.807) is 0 Å². The van der Waals surface area contributed by atoms with Crippen LogP contribution in [0.15, 0.2) is 30.5 Å². The van der Waals surface area contributed by atoms with E-state index < -0.39 is 0 Å². The van der Waals surface area contributed by atoms with Crippen LogP contribution in [0, 0.1) is 0 Å². The Morgan fingerprint density at radius 2 is 2.09 bits per heavy atom. The van der Waals surface area contributed by atoms with Crippen molar-refractivity contribution < 1.29 is 4.79 Å². The van der Waals surface area contributed by atoms with Gasteiger partial charge in [-0.15, -0.1) is 0 Å². The van der Waals surface area contributed by atoms with Crippen molar-refractivity contribution in [2.24, 2.45) is 0 Å². The maximum atomic E-state index is 12.4. The van der Waals surface area contributed by atoms with Crippen LogP contribution in [0.25, 0.3) is 10.9 Å². The van der Waals surface area contributed by atoms with E-state index in [0.717, 1.165) is 49.2 Å². The molecule has 2 heterocycles.